The van der Waals surface area contributed by atoms with Crippen molar-refractivity contribution in [3.05, 3.63) is 0 Å². The third kappa shape index (κ3) is 3.27. The highest BCUT2D eigenvalue weighted by atomic mass is 16.5. The molecule has 0 aromatic heterocycles. The van der Waals surface area contributed by atoms with E-state index in [2.05, 4.69) is 20.8 Å². The normalized spacial score (nSPS) is 47.9. The molecule has 170 valence electrons. The van der Waals surface area contributed by atoms with Crippen molar-refractivity contribution in [1.82, 2.24) is 0 Å². The van der Waals surface area contributed by atoms with Crippen molar-refractivity contribution in [2.75, 3.05) is 6.61 Å². The summed E-state index contributed by atoms with van der Waals surface area (Å²) in [6.07, 6.45) is 10.2. The number of hydrogen-bond acceptors (Lipinski definition) is 4. The number of ketones is 1. The van der Waals surface area contributed by atoms with Gasteiger partial charge in [-0.3, -0.25) is 9.59 Å². The fourth-order valence-electron chi connectivity index (χ4n) is 8.65. The van der Waals surface area contributed by atoms with Crippen molar-refractivity contribution in [1.29, 1.82) is 0 Å². The standard InChI is InChI=1S/C26H42O4/c1-5-23(28)30-14-6-11-26(29)13-10-21-20-8-7-18-16-19(27)15-17(2)25(18,4)22(20)9-12-24(21,26)3/h17-18,20-22,29H,5-16H2,1-4H3/t17-,18-,20-,21-,22-,24-,25-,26-/m0/s1. The quantitative estimate of drug-likeness (QED) is 0.485. The van der Waals surface area contributed by atoms with Gasteiger partial charge >= 0.3 is 5.97 Å². The lowest BCUT2D eigenvalue weighted by atomic mass is 9.42. The molecule has 0 aromatic carbocycles. The molecule has 0 spiro atoms. The molecule has 0 aromatic rings. The molecule has 8 atom stereocenters. The highest BCUT2D eigenvalue weighted by Gasteiger charge is 2.65. The molecule has 0 amide bonds. The molecule has 0 radical (unpaired) electrons. The van der Waals surface area contributed by atoms with Gasteiger partial charge in [-0.25, -0.2) is 0 Å². The van der Waals surface area contributed by atoms with E-state index >= 15 is 0 Å². The molecule has 30 heavy (non-hydrogen) atoms. The van der Waals surface area contributed by atoms with Gasteiger partial charge in [-0.15, -0.1) is 0 Å². The maximum absolute atomic E-state index is 12.3. The molecule has 0 aliphatic heterocycles. The number of Topliss-reactive ketones (excluding diaryl/α,β-unsaturated/α-hetero) is 1. The van der Waals surface area contributed by atoms with Crippen molar-refractivity contribution in [3.63, 3.8) is 0 Å². The maximum atomic E-state index is 12.3. The maximum Gasteiger partial charge on any atom is 0.305 e. The van der Waals surface area contributed by atoms with Crippen LogP contribution in [0.3, 0.4) is 0 Å². The number of carbonyl (C=O) groups excluding carboxylic acids is 2. The zero-order valence-corrected chi connectivity index (χ0v) is 19.5. The van der Waals surface area contributed by atoms with E-state index in [0.717, 1.165) is 44.9 Å². The van der Waals surface area contributed by atoms with Gasteiger partial charge in [0.15, 0.2) is 0 Å². The van der Waals surface area contributed by atoms with Crippen LogP contribution < -0.4 is 0 Å². The van der Waals surface area contributed by atoms with E-state index < -0.39 is 5.60 Å². The van der Waals surface area contributed by atoms with Gasteiger partial charge in [0.05, 0.1) is 12.2 Å². The Morgan fingerprint density at radius 1 is 1.10 bits per heavy atom. The second-order valence-electron chi connectivity index (χ2n) is 11.6. The van der Waals surface area contributed by atoms with Gasteiger partial charge in [0.25, 0.3) is 0 Å². The molecule has 4 aliphatic rings. The van der Waals surface area contributed by atoms with Crippen LogP contribution in [-0.4, -0.2) is 29.1 Å². The van der Waals surface area contributed by atoms with Crippen LogP contribution in [0.4, 0.5) is 0 Å². The number of rotatable bonds is 5. The van der Waals surface area contributed by atoms with Gasteiger partial charge in [0.2, 0.25) is 0 Å². The van der Waals surface area contributed by atoms with E-state index in [9.17, 15) is 14.7 Å². The average molecular weight is 419 g/mol. The fraction of sp³-hybridized carbons (Fsp3) is 0.923. The van der Waals surface area contributed by atoms with E-state index in [0.29, 0.717) is 48.4 Å². The van der Waals surface area contributed by atoms with Gasteiger partial charge in [0.1, 0.15) is 5.78 Å². The Kier molecular flexibility index (Phi) is 5.87. The topological polar surface area (TPSA) is 63.6 Å². The van der Waals surface area contributed by atoms with Crippen molar-refractivity contribution in [2.45, 2.75) is 104 Å². The summed E-state index contributed by atoms with van der Waals surface area (Å²) in [5.41, 5.74) is -0.375. The summed E-state index contributed by atoms with van der Waals surface area (Å²) in [5, 5.41) is 11.8. The SMILES string of the molecule is CCC(=O)OCCC[C@]1(O)CC[C@H]2[C@@H]3CC[C@H]4CC(=O)C[C@H](C)[C@]4(C)[C@H]3CC[C@@]21C. The fourth-order valence-corrected chi connectivity index (χ4v) is 8.65. The zero-order valence-electron chi connectivity index (χ0n) is 19.5. The lowest BCUT2D eigenvalue weighted by Gasteiger charge is -2.62. The summed E-state index contributed by atoms with van der Waals surface area (Å²) >= 11 is 0. The van der Waals surface area contributed by atoms with E-state index in [1.165, 1.54) is 19.3 Å². The molecule has 4 nitrogen and oxygen atoms in total. The Hall–Kier alpha value is -0.900. The lowest BCUT2D eigenvalue weighted by Crippen LogP contribution is -2.58. The van der Waals surface area contributed by atoms with Crippen LogP contribution in [0.15, 0.2) is 0 Å². The van der Waals surface area contributed by atoms with Crippen molar-refractivity contribution < 1.29 is 19.4 Å². The Balaban J connectivity index is 1.48. The Morgan fingerprint density at radius 3 is 2.57 bits per heavy atom. The number of fused-ring (bicyclic) bond motifs is 5. The van der Waals surface area contributed by atoms with Gasteiger partial charge in [-0.05, 0) is 91.8 Å². The van der Waals surface area contributed by atoms with Crippen LogP contribution in [0.5, 0.6) is 0 Å². The van der Waals surface area contributed by atoms with Crippen LogP contribution in [0.1, 0.15) is 98.3 Å². The molecular formula is C26H42O4. The van der Waals surface area contributed by atoms with Gasteiger partial charge in [-0.1, -0.05) is 27.7 Å². The van der Waals surface area contributed by atoms with E-state index in [1.807, 2.05) is 6.92 Å². The number of aliphatic hydroxyl groups is 1. The van der Waals surface area contributed by atoms with Crippen LogP contribution in [0.2, 0.25) is 0 Å². The molecular weight excluding hydrogens is 376 g/mol. The molecule has 0 bridgehead atoms. The Morgan fingerprint density at radius 2 is 1.83 bits per heavy atom. The van der Waals surface area contributed by atoms with Crippen molar-refractivity contribution >= 4 is 11.8 Å². The smallest absolute Gasteiger partial charge is 0.305 e. The number of ether oxygens (including phenoxy) is 1. The van der Waals surface area contributed by atoms with Crippen LogP contribution in [0, 0.1) is 40.4 Å². The van der Waals surface area contributed by atoms with Gasteiger partial charge in [-0.2, -0.15) is 0 Å². The molecule has 1 N–H and O–H groups in total. The summed E-state index contributed by atoms with van der Waals surface area (Å²) in [7, 11) is 0. The van der Waals surface area contributed by atoms with Crippen LogP contribution in [-0.2, 0) is 14.3 Å². The molecule has 4 aliphatic carbocycles. The minimum absolute atomic E-state index is 0.0279. The molecule has 4 fully saturated rings. The third-order valence-corrected chi connectivity index (χ3v) is 10.6. The summed E-state index contributed by atoms with van der Waals surface area (Å²) in [4.78, 5) is 23.7. The zero-order chi connectivity index (χ0) is 21.7. The monoisotopic (exact) mass is 418 g/mol. The highest BCUT2D eigenvalue weighted by molar-refractivity contribution is 5.80. The number of esters is 1. The van der Waals surface area contributed by atoms with E-state index in [-0.39, 0.29) is 16.8 Å². The minimum atomic E-state index is -0.632. The summed E-state index contributed by atoms with van der Waals surface area (Å²) in [5.74, 6) is 3.34. The summed E-state index contributed by atoms with van der Waals surface area (Å²) in [6, 6.07) is 0. The molecule has 0 unspecified atom stereocenters. The first-order valence-corrected chi connectivity index (χ1v) is 12.6. The van der Waals surface area contributed by atoms with Gasteiger partial charge < -0.3 is 9.84 Å². The number of carbonyl (C=O) groups is 2. The minimum Gasteiger partial charge on any atom is -0.466 e. The van der Waals surface area contributed by atoms with Crippen LogP contribution in [0.25, 0.3) is 0 Å². The van der Waals surface area contributed by atoms with E-state index in [4.69, 9.17) is 4.74 Å². The highest BCUT2D eigenvalue weighted by Crippen LogP contribution is 2.69. The Bertz CT molecular complexity index is 689. The predicted octanol–water partition coefficient (Wildman–Crippen LogP) is 5.31. The summed E-state index contributed by atoms with van der Waals surface area (Å²) in [6.45, 7) is 9.41. The average Bonchev–Trinajstić information content (AvgIpc) is 2.97. The molecule has 4 rings (SSSR count). The molecule has 4 heteroatoms. The van der Waals surface area contributed by atoms with Gasteiger partial charge in [0, 0.05) is 19.3 Å². The molecule has 0 heterocycles. The first-order chi connectivity index (χ1) is 14.2. The molecule has 4 saturated carbocycles. The van der Waals surface area contributed by atoms with E-state index in [1.54, 1.807) is 0 Å². The first-order valence-electron chi connectivity index (χ1n) is 12.6. The summed E-state index contributed by atoms with van der Waals surface area (Å²) < 4.78 is 5.27. The second kappa shape index (κ2) is 7.90. The lowest BCUT2D eigenvalue weighted by molar-refractivity contribution is -0.170. The van der Waals surface area contributed by atoms with Crippen molar-refractivity contribution in [3.8, 4) is 0 Å². The van der Waals surface area contributed by atoms with Crippen LogP contribution >= 0.6 is 0 Å². The molecule has 0 saturated heterocycles. The largest absolute Gasteiger partial charge is 0.466 e. The van der Waals surface area contributed by atoms with Crippen molar-refractivity contribution in [2.24, 2.45) is 40.4 Å². The third-order valence-electron chi connectivity index (χ3n) is 10.6. The second-order valence-corrected chi connectivity index (χ2v) is 11.6. The Labute approximate surface area is 182 Å². The predicted molar refractivity (Wildman–Crippen MR) is 117 cm³/mol. The number of hydrogen-bond donors (Lipinski definition) is 1. The first kappa shape index (κ1) is 22.3.